The second-order valence-corrected chi connectivity index (χ2v) is 11.2. The van der Waals surface area contributed by atoms with E-state index in [0.29, 0.717) is 38.7 Å². The van der Waals surface area contributed by atoms with Crippen LogP contribution in [0.2, 0.25) is 5.02 Å². The maximum atomic E-state index is 14.4. The third-order valence-corrected chi connectivity index (χ3v) is 8.16. The molecular weight excluding hydrogens is 592 g/mol. The van der Waals surface area contributed by atoms with Crippen LogP contribution in [0.25, 0.3) is 22.0 Å². The number of rotatable bonds is 10. The largest absolute Gasteiger partial charge is 0.481 e. The summed E-state index contributed by atoms with van der Waals surface area (Å²) in [7, 11) is 0. The van der Waals surface area contributed by atoms with E-state index in [2.05, 4.69) is 15.0 Å². The number of pyridine rings is 2. The lowest BCUT2D eigenvalue weighted by molar-refractivity contribution is -0.138. The van der Waals surface area contributed by atoms with Crippen LogP contribution >= 0.6 is 11.6 Å². The standard InChI is InChI=1S/C35H33ClN4O5/c1-5-45-35(44)30-14-13-26(39-30)18-40(33(41)32-20(2)22(4)38-29-12-7-6-11-27(29)32)19-31-28(36)16-25(17-37-31)24-10-8-9-23(15-24)21(3)34(42)43/h6-17,21,39H,5,18-19H2,1-4H3,(H,42,43). The Labute approximate surface area is 265 Å². The molecule has 45 heavy (non-hydrogen) atoms. The Hall–Kier alpha value is -5.02. The zero-order valence-electron chi connectivity index (χ0n) is 25.4. The van der Waals surface area contributed by atoms with Crippen LogP contribution in [0, 0.1) is 13.8 Å². The topological polar surface area (TPSA) is 125 Å². The van der Waals surface area contributed by atoms with Gasteiger partial charge in [0.2, 0.25) is 0 Å². The van der Waals surface area contributed by atoms with Crippen LogP contribution in [0.4, 0.5) is 0 Å². The number of hydrogen-bond acceptors (Lipinski definition) is 6. The predicted octanol–water partition coefficient (Wildman–Crippen LogP) is 7.10. The number of ether oxygens (including phenoxy) is 1. The Morgan fingerprint density at radius 3 is 2.51 bits per heavy atom. The monoisotopic (exact) mass is 624 g/mol. The minimum atomic E-state index is -0.910. The molecule has 9 nitrogen and oxygen atoms in total. The number of carbonyl (C=O) groups excluding carboxylic acids is 2. The molecule has 0 saturated heterocycles. The summed E-state index contributed by atoms with van der Waals surface area (Å²) >= 11 is 6.79. The number of amides is 1. The van der Waals surface area contributed by atoms with Crippen molar-refractivity contribution in [1.29, 1.82) is 0 Å². The minimum absolute atomic E-state index is 0.0803. The predicted molar refractivity (Wildman–Crippen MR) is 172 cm³/mol. The van der Waals surface area contributed by atoms with Crippen molar-refractivity contribution in [2.75, 3.05) is 6.61 Å². The van der Waals surface area contributed by atoms with E-state index >= 15 is 0 Å². The molecule has 1 unspecified atom stereocenters. The first-order valence-corrected chi connectivity index (χ1v) is 14.9. The molecule has 0 spiro atoms. The fourth-order valence-corrected chi connectivity index (χ4v) is 5.41. The summed E-state index contributed by atoms with van der Waals surface area (Å²) < 4.78 is 5.12. The van der Waals surface area contributed by atoms with E-state index in [0.717, 1.165) is 27.8 Å². The van der Waals surface area contributed by atoms with Crippen LogP contribution in [-0.2, 0) is 22.6 Å². The number of nitrogens with one attached hydrogen (secondary N) is 1. The number of esters is 1. The third kappa shape index (κ3) is 6.73. The number of fused-ring (bicyclic) bond motifs is 1. The van der Waals surface area contributed by atoms with Gasteiger partial charge < -0.3 is 19.7 Å². The molecule has 3 aromatic heterocycles. The Morgan fingerprint density at radius 1 is 1.00 bits per heavy atom. The lowest BCUT2D eigenvalue weighted by atomic mass is 9.97. The van der Waals surface area contributed by atoms with E-state index in [1.54, 1.807) is 55.3 Å². The molecular formula is C35H33ClN4O5. The first-order valence-electron chi connectivity index (χ1n) is 14.5. The van der Waals surface area contributed by atoms with Crippen molar-refractivity contribution in [3.63, 3.8) is 0 Å². The van der Waals surface area contributed by atoms with Crippen LogP contribution in [0.5, 0.6) is 0 Å². The van der Waals surface area contributed by atoms with E-state index in [1.165, 1.54) is 0 Å². The molecule has 0 aliphatic carbocycles. The minimum Gasteiger partial charge on any atom is -0.481 e. The molecule has 3 heterocycles. The normalized spacial score (nSPS) is 11.8. The van der Waals surface area contributed by atoms with E-state index < -0.39 is 17.9 Å². The SMILES string of the molecule is CCOC(=O)c1ccc(CN(Cc2ncc(-c3cccc(C(C)C(=O)O)c3)cc2Cl)C(=O)c2c(C)c(C)nc3ccccc23)[nH]1. The Morgan fingerprint density at radius 2 is 1.78 bits per heavy atom. The average Bonchev–Trinajstić information content (AvgIpc) is 3.50. The molecule has 5 rings (SSSR count). The van der Waals surface area contributed by atoms with Gasteiger partial charge in [-0.3, -0.25) is 19.6 Å². The lowest BCUT2D eigenvalue weighted by Crippen LogP contribution is -2.32. The van der Waals surface area contributed by atoms with Crippen LogP contribution in [-0.4, -0.2) is 49.4 Å². The molecule has 1 amide bonds. The average molecular weight is 625 g/mol. The number of carboxylic acid groups (broad SMARTS) is 1. The molecule has 10 heteroatoms. The van der Waals surface area contributed by atoms with Crippen molar-refractivity contribution in [1.82, 2.24) is 19.9 Å². The second kappa shape index (κ2) is 13.3. The fourth-order valence-electron chi connectivity index (χ4n) is 5.18. The zero-order chi connectivity index (χ0) is 32.2. The number of aryl methyl sites for hydroxylation is 1. The van der Waals surface area contributed by atoms with Crippen LogP contribution in [0.1, 0.15) is 68.8 Å². The molecule has 0 radical (unpaired) electrons. The molecule has 5 aromatic rings. The molecule has 230 valence electrons. The number of aromatic nitrogens is 3. The third-order valence-electron chi connectivity index (χ3n) is 7.83. The van der Waals surface area contributed by atoms with E-state index in [-0.39, 0.29) is 25.6 Å². The van der Waals surface area contributed by atoms with Gasteiger partial charge in [0.05, 0.1) is 47.4 Å². The summed E-state index contributed by atoms with van der Waals surface area (Å²) in [6.07, 6.45) is 1.67. The van der Waals surface area contributed by atoms with Crippen molar-refractivity contribution >= 4 is 40.3 Å². The van der Waals surface area contributed by atoms with Crippen molar-refractivity contribution in [2.24, 2.45) is 0 Å². The molecule has 0 aliphatic rings. The van der Waals surface area contributed by atoms with Crippen LogP contribution in [0.3, 0.4) is 0 Å². The quantitative estimate of drug-likeness (QED) is 0.159. The van der Waals surface area contributed by atoms with Gasteiger partial charge in [0.25, 0.3) is 5.91 Å². The summed E-state index contributed by atoms with van der Waals surface area (Å²) in [4.78, 5) is 52.3. The number of hydrogen-bond donors (Lipinski definition) is 2. The van der Waals surface area contributed by atoms with Crippen LogP contribution in [0.15, 0.2) is 72.9 Å². The molecule has 0 bridgehead atoms. The van der Waals surface area contributed by atoms with Gasteiger partial charge in [-0.05, 0) is 68.7 Å². The maximum absolute atomic E-state index is 14.4. The lowest BCUT2D eigenvalue weighted by Gasteiger charge is -2.25. The molecule has 2 aromatic carbocycles. The van der Waals surface area contributed by atoms with Crippen LogP contribution < -0.4 is 0 Å². The van der Waals surface area contributed by atoms with E-state index in [9.17, 15) is 19.5 Å². The Balaban J connectivity index is 1.52. The number of carbonyl (C=O) groups is 3. The highest BCUT2D eigenvalue weighted by Crippen LogP contribution is 2.30. The Kier molecular flexibility index (Phi) is 9.29. The fraction of sp³-hybridized carbons (Fsp3) is 0.229. The van der Waals surface area contributed by atoms with Gasteiger partial charge in [-0.1, -0.05) is 54.1 Å². The number of aliphatic carboxylic acids is 1. The molecule has 0 fully saturated rings. The number of halogens is 1. The highest BCUT2D eigenvalue weighted by atomic mass is 35.5. The summed E-state index contributed by atoms with van der Waals surface area (Å²) in [5.74, 6) is -2.29. The van der Waals surface area contributed by atoms with Gasteiger partial charge in [-0.15, -0.1) is 0 Å². The van der Waals surface area contributed by atoms with Gasteiger partial charge in [0.15, 0.2) is 0 Å². The highest BCUT2D eigenvalue weighted by Gasteiger charge is 2.25. The molecule has 1 atom stereocenters. The number of H-pyrrole nitrogens is 1. The number of carboxylic acids is 1. The maximum Gasteiger partial charge on any atom is 0.354 e. The molecule has 0 aliphatic heterocycles. The zero-order valence-corrected chi connectivity index (χ0v) is 26.2. The van der Waals surface area contributed by atoms with Gasteiger partial charge >= 0.3 is 11.9 Å². The summed E-state index contributed by atoms with van der Waals surface area (Å²) in [5.41, 5.74) is 6.35. The van der Waals surface area contributed by atoms with Gasteiger partial charge in [0, 0.05) is 28.5 Å². The number of nitrogens with zero attached hydrogens (tertiary/aromatic N) is 3. The van der Waals surface area contributed by atoms with Crippen molar-refractivity contribution in [3.05, 3.63) is 117 Å². The smallest absolute Gasteiger partial charge is 0.354 e. The van der Waals surface area contributed by atoms with Gasteiger partial charge in [0.1, 0.15) is 5.69 Å². The number of aromatic amines is 1. The van der Waals surface area contributed by atoms with Gasteiger partial charge in [-0.2, -0.15) is 0 Å². The van der Waals surface area contributed by atoms with Crippen molar-refractivity contribution in [3.8, 4) is 11.1 Å². The summed E-state index contributed by atoms with van der Waals surface area (Å²) in [5, 5.41) is 10.5. The molecule has 0 saturated carbocycles. The number of para-hydroxylation sites is 1. The van der Waals surface area contributed by atoms with E-state index in [4.69, 9.17) is 16.3 Å². The Bertz CT molecular complexity index is 1920. The molecule has 2 N–H and O–H groups in total. The van der Waals surface area contributed by atoms with Crippen molar-refractivity contribution in [2.45, 2.75) is 46.7 Å². The summed E-state index contributed by atoms with van der Waals surface area (Å²) in [6, 6.07) is 19.9. The highest BCUT2D eigenvalue weighted by molar-refractivity contribution is 6.31. The summed E-state index contributed by atoms with van der Waals surface area (Å²) in [6.45, 7) is 7.60. The first-order chi connectivity index (χ1) is 21.6. The second-order valence-electron chi connectivity index (χ2n) is 10.8. The number of benzene rings is 2. The van der Waals surface area contributed by atoms with Gasteiger partial charge in [-0.25, -0.2) is 4.79 Å². The van der Waals surface area contributed by atoms with E-state index in [1.807, 2.05) is 50.2 Å². The van der Waals surface area contributed by atoms with Crippen molar-refractivity contribution < 1.29 is 24.2 Å². The first kappa shape index (κ1) is 31.4.